The topological polar surface area (TPSA) is 35.2 Å². The van der Waals surface area contributed by atoms with E-state index in [0.717, 1.165) is 18.4 Å². The van der Waals surface area contributed by atoms with E-state index in [1.54, 1.807) is 6.07 Å². The summed E-state index contributed by atoms with van der Waals surface area (Å²) in [5, 5.41) is 1.16. The summed E-state index contributed by atoms with van der Waals surface area (Å²) in [6, 6.07) is 3.56. The molecule has 1 aromatic carbocycles. The molecule has 17 heavy (non-hydrogen) atoms. The molecule has 0 aromatic heterocycles. The number of aryl methyl sites for hydroxylation is 1. The zero-order valence-electron chi connectivity index (χ0n) is 9.63. The molecular weight excluding hydrogens is 277 g/mol. The lowest BCUT2D eigenvalue weighted by molar-refractivity contribution is 0.336. The van der Waals surface area contributed by atoms with Crippen molar-refractivity contribution in [3.05, 3.63) is 27.7 Å². The number of nitrogens with two attached hydrogens (primary N) is 1. The first-order valence-electron chi connectivity index (χ1n) is 5.43. The summed E-state index contributed by atoms with van der Waals surface area (Å²) in [4.78, 5) is 0.524. The summed E-state index contributed by atoms with van der Waals surface area (Å²) in [7, 11) is 0. The summed E-state index contributed by atoms with van der Waals surface area (Å²) in [5.41, 5.74) is 6.46. The minimum atomic E-state index is 0.524. The van der Waals surface area contributed by atoms with Gasteiger partial charge in [-0.15, -0.1) is 0 Å². The highest BCUT2D eigenvalue weighted by molar-refractivity contribution is 7.80. The van der Waals surface area contributed by atoms with Gasteiger partial charge in [0.15, 0.2) is 0 Å². The maximum Gasteiger partial charge on any atom is 0.141 e. The molecule has 0 heterocycles. The van der Waals surface area contributed by atoms with Crippen LogP contribution in [0.4, 0.5) is 0 Å². The predicted octanol–water partition coefficient (Wildman–Crippen LogP) is 4.00. The fraction of sp³-hybridized carbons (Fsp3) is 0.417. The zero-order valence-corrected chi connectivity index (χ0v) is 12.0. The summed E-state index contributed by atoms with van der Waals surface area (Å²) in [6.07, 6.45) is 2.38. The van der Waals surface area contributed by atoms with E-state index in [2.05, 4.69) is 0 Å². The molecule has 0 aliphatic carbocycles. The van der Waals surface area contributed by atoms with E-state index in [9.17, 15) is 0 Å². The Hall–Kier alpha value is -0.510. The van der Waals surface area contributed by atoms with Crippen LogP contribution in [0.15, 0.2) is 12.1 Å². The quantitative estimate of drug-likeness (QED) is 0.805. The van der Waals surface area contributed by atoms with Gasteiger partial charge in [0, 0.05) is 5.02 Å². The van der Waals surface area contributed by atoms with Crippen LogP contribution in [-0.2, 0) is 6.42 Å². The average Bonchev–Trinajstić information content (AvgIpc) is 2.22. The largest absolute Gasteiger partial charge is 0.492 e. The molecule has 0 fully saturated rings. The van der Waals surface area contributed by atoms with Crippen LogP contribution in [0.2, 0.25) is 10.0 Å². The van der Waals surface area contributed by atoms with Crippen molar-refractivity contribution < 1.29 is 4.74 Å². The molecule has 0 saturated heterocycles. The summed E-state index contributed by atoms with van der Waals surface area (Å²) >= 11 is 16.9. The standard InChI is InChI=1S/C12H15Cl2NOS/c1-2-16-12-8(4-3-5-11(15)17)6-9(13)7-10(12)14/h6-7H,2-5H2,1H3,(H2,15,17). The zero-order chi connectivity index (χ0) is 12.8. The van der Waals surface area contributed by atoms with Gasteiger partial charge < -0.3 is 10.5 Å². The molecule has 1 rings (SSSR count). The Morgan fingerprint density at radius 3 is 2.71 bits per heavy atom. The van der Waals surface area contributed by atoms with Crippen LogP contribution in [0.3, 0.4) is 0 Å². The maximum atomic E-state index is 6.09. The van der Waals surface area contributed by atoms with Crippen molar-refractivity contribution in [3.63, 3.8) is 0 Å². The monoisotopic (exact) mass is 291 g/mol. The highest BCUT2D eigenvalue weighted by atomic mass is 35.5. The van der Waals surface area contributed by atoms with E-state index in [0.29, 0.717) is 33.8 Å². The molecule has 2 nitrogen and oxygen atoms in total. The number of benzene rings is 1. The van der Waals surface area contributed by atoms with Gasteiger partial charge in [-0.25, -0.2) is 0 Å². The number of ether oxygens (including phenoxy) is 1. The molecule has 0 radical (unpaired) electrons. The number of rotatable bonds is 6. The Morgan fingerprint density at radius 1 is 1.41 bits per heavy atom. The van der Waals surface area contributed by atoms with E-state index >= 15 is 0 Å². The molecule has 0 aliphatic rings. The molecule has 0 saturated carbocycles. The third kappa shape index (κ3) is 4.70. The van der Waals surface area contributed by atoms with E-state index < -0.39 is 0 Å². The van der Waals surface area contributed by atoms with Gasteiger partial charge in [-0.3, -0.25) is 0 Å². The van der Waals surface area contributed by atoms with Crippen molar-refractivity contribution >= 4 is 40.4 Å². The maximum absolute atomic E-state index is 6.09. The first-order valence-corrected chi connectivity index (χ1v) is 6.60. The number of hydrogen-bond acceptors (Lipinski definition) is 2. The number of halogens is 2. The SMILES string of the molecule is CCOc1c(Cl)cc(Cl)cc1CCCC(N)=S. The molecule has 94 valence electrons. The van der Waals surface area contributed by atoms with Crippen molar-refractivity contribution in [2.75, 3.05) is 6.61 Å². The molecule has 0 aliphatic heterocycles. The van der Waals surface area contributed by atoms with E-state index in [-0.39, 0.29) is 0 Å². The second-order valence-corrected chi connectivity index (χ2v) is 5.00. The van der Waals surface area contributed by atoms with Crippen molar-refractivity contribution in [1.82, 2.24) is 0 Å². The van der Waals surface area contributed by atoms with Crippen LogP contribution in [0.1, 0.15) is 25.3 Å². The van der Waals surface area contributed by atoms with Gasteiger partial charge in [0.05, 0.1) is 16.6 Å². The molecule has 0 bridgehead atoms. The first kappa shape index (κ1) is 14.6. The highest BCUT2D eigenvalue weighted by Gasteiger charge is 2.10. The minimum Gasteiger partial charge on any atom is -0.492 e. The van der Waals surface area contributed by atoms with Gasteiger partial charge in [-0.2, -0.15) is 0 Å². The average molecular weight is 292 g/mol. The third-order valence-corrected chi connectivity index (χ3v) is 2.95. The summed E-state index contributed by atoms with van der Waals surface area (Å²) in [5.74, 6) is 0.710. The summed E-state index contributed by atoms with van der Waals surface area (Å²) in [6.45, 7) is 2.49. The number of thiocarbonyl (C=S) groups is 1. The van der Waals surface area contributed by atoms with Crippen LogP contribution in [0.5, 0.6) is 5.75 Å². The van der Waals surface area contributed by atoms with Gasteiger partial charge in [-0.1, -0.05) is 35.4 Å². The first-order chi connectivity index (χ1) is 8.04. The summed E-state index contributed by atoms with van der Waals surface area (Å²) < 4.78 is 5.53. The Labute approximate surface area is 117 Å². The molecule has 0 atom stereocenters. The minimum absolute atomic E-state index is 0.524. The molecule has 1 aromatic rings. The lowest BCUT2D eigenvalue weighted by Crippen LogP contribution is -2.07. The van der Waals surface area contributed by atoms with Gasteiger partial charge >= 0.3 is 0 Å². The predicted molar refractivity (Wildman–Crippen MR) is 77.4 cm³/mol. The molecule has 0 unspecified atom stereocenters. The third-order valence-electron chi connectivity index (χ3n) is 2.24. The lowest BCUT2D eigenvalue weighted by atomic mass is 10.1. The van der Waals surface area contributed by atoms with Gasteiger partial charge in [-0.05, 0) is 43.9 Å². The lowest BCUT2D eigenvalue weighted by Gasteiger charge is -2.12. The highest BCUT2D eigenvalue weighted by Crippen LogP contribution is 2.33. The molecular formula is C12H15Cl2NOS. The molecule has 5 heteroatoms. The molecule has 0 amide bonds. The van der Waals surface area contributed by atoms with E-state index in [1.165, 1.54) is 0 Å². The molecule has 2 N–H and O–H groups in total. The van der Waals surface area contributed by atoms with Gasteiger partial charge in [0.2, 0.25) is 0 Å². The second-order valence-electron chi connectivity index (χ2n) is 3.63. The van der Waals surface area contributed by atoms with Crippen LogP contribution in [0.25, 0.3) is 0 Å². The van der Waals surface area contributed by atoms with Crippen molar-refractivity contribution in [1.29, 1.82) is 0 Å². The van der Waals surface area contributed by atoms with Crippen molar-refractivity contribution in [2.24, 2.45) is 5.73 Å². The Bertz CT molecular complexity index is 410. The Balaban J connectivity index is 2.83. The van der Waals surface area contributed by atoms with Gasteiger partial charge in [0.1, 0.15) is 5.75 Å². The second kappa shape index (κ2) is 7.04. The van der Waals surface area contributed by atoms with Gasteiger partial charge in [0.25, 0.3) is 0 Å². The number of hydrogen-bond donors (Lipinski definition) is 1. The van der Waals surface area contributed by atoms with Crippen LogP contribution in [0, 0.1) is 0 Å². The normalized spacial score (nSPS) is 10.3. The fourth-order valence-corrected chi connectivity index (χ4v) is 2.29. The Morgan fingerprint density at radius 2 is 2.12 bits per heavy atom. The van der Waals surface area contributed by atoms with Crippen molar-refractivity contribution in [2.45, 2.75) is 26.2 Å². The van der Waals surface area contributed by atoms with Crippen LogP contribution < -0.4 is 10.5 Å². The van der Waals surface area contributed by atoms with Crippen LogP contribution in [-0.4, -0.2) is 11.6 Å². The smallest absolute Gasteiger partial charge is 0.141 e. The van der Waals surface area contributed by atoms with E-state index in [4.69, 9.17) is 45.9 Å². The Kier molecular flexibility index (Phi) is 6.03. The van der Waals surface area contributed by atoms with Crippen LogP contribution >= 0.6 is 35.4 Å². The van der Waals surface area contributed by atoms with E-state index in [1.807, 2.05) is 13.0 Å². The molecule has 0 spiro atoms. The van der Waals surface area contributed by atoms with Crippen molar-refractivity contribution in [3.8, 4) is 5.75 Å². The fourth-order valence-electron chi connectivity index (χ4n) is 1.56.